The van der Waals surface area contributed by atoms with Crippen molar-refractivity contribution in [2.45, 2.75) is 37.1 Å². The van der Waals surface area contributed by atoms with E-state index >= 15 is 0 Å². The summed E-state index contributed by atoms with van der Waals surface area (Å²) in [4.78, 5) is 10.7. The molecule has 1 aromatic carbocycles. The van der Waals surface area contributed by atoms with E-state index in [0.717, 1.165) is 18.6 Å². The number of halogens is 2. The van der Waals surface area contributed by atoms with Gasteiger partial charge in [0.25, 0.3) is 0 Å². The molecule has 0 bridgehead atoms. The second-order valence-electron chi connectivity index (χ2n) is 4.23. The maximum atomic E-state index is 13.1. The first kappa shape index (κ1) is 17.1. The average Bonchev–Trinajstić information content (AvgIpc) is 2.36. The lowest BCUT2D eigenvalue weighted by Crippen LogP contribution is -2.40. The lowest BCUT2D eigenvalue weighted by atomic mass is 10.1. The molecule has 1 aromatic rings. The number of hydrogen-bond acceptors (Lipinski definition) is 3. The molecular weight excluding hydrogens is 353 g/mol. The molecule has 0 fully saturated rings. The quantitative estimate of drug-likeness (QED) is 0.775. The fourth-order valence-corrected chi connectivity index (χ4v) is 3.77. The monoisotopic (exact) mass is 367 g/mol. The van der Waals surface area contributed by atoms with Crippen molar-refractivity contribution in [3.63, 3.8) is 0 Å². The number of carboxylic acid groups (broad SMARTS) is 1. The van der Waals surface area contributed by atoms with E-state index in [0.29, 0.717) is 6.42 Å². The smallest absolute Gasteiger partial charge is 0.321 e. The molecule has 0 heterocycles. The topological polar surface area (TPSA) is 83.5 Å². The Bertz CT molecular complexity index is 591. The summed E-state index contributed by atoms with van der Waals surface area (Å²) in [5.74, 6) is -1.97. The summed E-state index contributed by atoms with van der Waals surface area (Å²) in [5, 5.41) is 9.02. The summed E-state index contributed by atoms with van der Waals surface area (Å²) in [6.45, 7) is 1.87. The molecule has 0 saturated heterocycles. The van der Waals surface area contributed by atoms with Crippen LogP contribution < -0.4 is 4.72 Å². The van der Waals surface area contributed by atoms with Gasteiger partial charge < -0.3 is 5.11 Å². The molecule has 0 saturated carbocycles. The molecule has 0 radical (unpaired) electrons. The second-order valence-corrected chi connectivity index (χ2v) is 6.77. The van der Waals surface area contributed by atoms with Crippen LogP contribution in [0.15, 0.2) is 27.6 Å². The summed E-state index contributed by atoms with van der Waals surface area (Å²) in [7, 11) is -4.11. The summed E-state index contributed by atoms with van der Waals surface area (Å²) < 4.78 is 39.6. The van der Waals surface area contributed by atoms with Crippen LogP contribution in [0.2, 0.25) is 0 Å². The Labute approximate surface area is 125 Å². The zero-order chi connectivity index (χ0) is 15.3. The molecular formula is C12H15BrFNO4S. The fraction of sp³-hybridized carbons (Fsp3) is 0.417. The van der Waals surface area contributed by atoms with Crippen LogP contribution in [0.3, 0.4) is 0 Å². The number of aliphatic carboxylic acids is 1. The number of nitrogens with one attached hydrogen (secondary N) is 1. The molecule has 0 aliphatic rings. The Morgan fingerprint density at radius 2 is 2.15 bits per heavy atom. The van der Waals surface area contributed by atoms with Crippen molar-refractivity contribution >= 4 is 31.9 Å². The van der Waals surface area contributed by atoms with Crippen LogP contribution in [-0.2, 0) is 14.8 Å². The SMILES string of the molecule is CCCCC(NS(=O)(=O)c1cc(F)ccc1Br)C(=O)O. The third kappa shape index (κ3) is 4.53. The molecule has 1 atom stereocenters. The zero-order valence-corrected chi connectivity index (χ0v) is 13.2. The largest absolute Gasteiger partial charge is 0.480 e. The molecule has 20 heavy (non-hydrogen) atoms. The highest BCUT2D eigenvalue weighted by Crippen LogP contribution is 2.23. The Balaban J connectivity index is 3.03. The third-order valence-electron chi connectivity index (χ3n) is 2.62. The van der Waals surface area contributed by atoms with Crippen molar-refractivity contribution in [1.29, 1.82) is 0 Å². The predicted octanol–water partition coefficient (Wildman–Crippen LogP) is 2.51. The van der Waals surface area contributed by atoms with Crippen molar-refractivity contribution in [2.75, 3.05) is 0 Å². The first-order chi connectivity index (χ1) is 9.27. The molecule has 0 aliphatic heterocycles. The van der Waals surface area contributed by atoms with Crippen LogP contribution in [0.1, 0.15) is 26.2 Å². The minimum absolute atomic E-state index is 0.172. The van der Waals surface area contributed by atoms with E-state index in [1.807, 2.05) is 6.92 Å². The average molecular weight is 368 g/mol. The molecule has 0 aliphatic carbocycles. The highest BCUT2D eigenvalue weighted by Gasteiger charge is 2.26. The first-order valence-corrected chi connectivity index (χ1v) is 8.25. The Morgan fingerprint density at radius 1 is 1.50 bits per heavy atom. The zero-order valence-electron chi connectivity index (χ0n) is 10.8. The molecule has 0 aromatic heterocycles. The van der Waals surface area contributed by atoms with Crippen molar-refractivity contribution in [3.8, 4) is 0 Å². The van der Waals surface area contributed by atoms with Gasteiger partial charge in [0.1, 0.15) is 11.9 Å². The van der Waals surface area contributed by atoms with Crippen LogP contribution in [0.25, 0.3) is 0 Å². The fourth-order valence-electron chi connectivity index (χ4n) is 1.57. The summed E-state index contributed by atoms with van der Waals surface area (Å²) in [6, 6.07) is 1.97. The van der Waals surface area contributed by atoms with Gasteiger partial charge in [0, 0.05) is 4.47 Å². The summed E-state index contributed by atoms with van der Waals surface area (Å²) in [5.41, 5.74) is 0. The van der Waals surface area contributed by atoms with Gasteiger partial charge in [-0.25, -0.2) is 12.8 Å². The first-order valence-electron chi connectivity index (χ1n) is 5.98. The lowest BCUT2D eigenvalue weighted by molar-refractivity contribution is -0.139. The van der Waals surface area contributed by atoms with Gasteiger partial charge in [-0.2, -0.15) is 4.72 Å². The van der Waals surface area contributed by atoms with Crippen molar-refractivity contribution in [3.05, 3.63) is 28.5 Å². The van der Waals surface area contributed by atoms with Crippen LogP contribution in [0.4, 0.5) is 4.39 Å². The standard InChI is InChI=1S/C12H15BrFNO4S/c1-2-3-4-10(12(16)17)15-20(18,19)11-7-8(14)5-6-9(11)13/h5-7,10,15H,2-4H2,1H3,(H,16,17). The van der Waals surface area contributed by atoms with Gasteiger partial charge in [-0.05, 0) is 40.5 Å². The molecule has 0 amide bonds. The number of sulfonamides is 1. The maximum absolute atomic E-state index is 13.1. The van der Waals surface area contributed by atoms with Crippen molar-refractivity contribution < 1.29 is 22.7 Å². The summed E-state index contributed by atoms with van der Waals surface area (Å²) in [6.07, 6.45) is 1.50. The van der Waals surface area contributed by atoms with Crippen LogP contribution in [0, 0.1) is 5.82 Å². The molecule has 1 rings (SSSR count). The van der Waals surface area contributed by atoms with Crippen LogP contribution in [0.5, 0.6) is 0 Å². The normalized spacial score (nSPS) is 13.2. The van der Waals surface area contributed by atoms with Crippen molar-refractivity contribution in [1.82, 2.24) is 4.72 Å². The van der Waals surface area contributed by atoms with Gasteiger partial charge in [0.15, 0.2) is 0 Å². The molecule has 2 N–H and O–H groups in total. The van der Waals surface area contributed by atoms with Gasteiger partial charge in [0.05, 0.1) is 4.90 Å². The Morgan fingerprint density at radius 3 is 2.70 bits per heavy atom. The minimum Gasteiger partial charge on any atom is -0.480 e. The minimum atomic E-state index is -4.11. The molecule has 1 unspecified atom stereocenters. The highest BCUT2D eigenvalue weighted by atomic mass is 79.9. The van der Waals surface area contributed by atoms with E-state index in [1.54, 1.807) is 0 Å². The summed E-state index contributed by atoms with van der Waals surface area (Å²) >= 11 is 3.01. The maximum Gasteiger partial charge on any atom is 0.321 e. The van der Waals surface area contributed by atoms with E-state index in [1.165, 1.54) is 6.07 Å². The van der Waals surface area contributed by atoms with Gasteiger partial charge in [-0.1, -0.05) is 19.8 Å². The van der Waals surface area contributed by atoms with Gasteiger partial charge in [-0.15, -0.1) is 0 Å². The molecule has 0 spiro atoms. The lowest BCUT2D eigenvalue weighted by Gasteiger charge is -2.15. The van der Waals surface area contributed by atoms with Crippen LogP contribution in [-0.4, -0.2) is 25.5 Å². The van der Waals surface area contributed by atoms with E-state index in [4.69, 9.17) is 5.11 Å². The van der Waals surface area contributed by atoms with Crippen LogP contribution >= 0.6 is 15.9 Å². The van der Waals surface area contributed by atoms with Crippen molar-refractivity contribution in [2.24, 2.45) is 0 Å². The molecule has 112 valence electrons. The third-order valence-corrected chi connectivity index (χ3v) is 5.09. The van der Waals surface area contributed by atoms with E-state index < -0.39 is 27.9 Å². The van der Waals surface area contributed by atoms with Gasteiger partial charge in [-0.3, -0.25) is 4.79 Å². The van der Waals surface area contributed by atoms with E-state index in [-0.39, 0.29) is 15.8 Å². The number of benzene rings is 1. The van der Waals surface area contributed by atoms with E-state index in [2.05, 4.69) is 20.7 Å². The number of hydrogen-bond donors (Lipinski definition) is 2. The Hall–Kier alpha value is -0.990. The molecule has 8 heteroatoms. The van der Waals surface area contributed by atoms with Gasteiger partial charge in [0.2, 0.25) is 10.0 Å². The highest BCUT2D eigenvalue weighted by molar-refractivity contribution is 9.10. The molecule has 5 nitrogen and oxygen atoms in total. The Kier molecular flexibility index (Phi) is 6.09. The predicted molar refractivity (Wildman–Crippen MR) is 75.4 cm³/mol. The second kappa shape index (κ2) is 7.14. The number of unbranched alkanes of at least 4 members (excludes halogenated alkanes) is 1. The van der Waals surface area contributed by atoms with E-state index in [9.17, 15) is 17.6 Å². The van der Waals surface area contributed by atoms with Gasteiger partial charge >= 0.3 is 5.97 Å². The number of carbonyl (C=O) groups is 1. The number of rotatable bonds is 7. The number of carboxylic acids is 1.